The van der Waals surface area contributed by atoms with Crippen LogP contribution in [0.25, 0.3) is 6.08 Å². The van der Waals surface area contributed by atoms with E-state index in [2.05, 4.69) is 4.99 Å². The monoisotopic (exact) mass is 458 g/mol. The van der Waals surface area contributed by atoms with Gasteiger partial charge in [0.25, 0.3) is 5.69 Å². The number of carbonyl (C=O) groups is 2. The van der Waals surface area contributed by atoms with Crippen LogP contribution in [-0.4, -0.2) is 29.4 Å². The zero-order chi connectivity index (χ0) is 23.3. The van der Waals surface area contributed by atoms with Crippen LogP contribution in [-0.2, 0) is 14.3 Å². The van der Waals surface area contributed by atoms with Crippen molar-refractivity contribution in [1.29, 1.82) is 0 Å². The van der Waals surface area contributed by atoms with Crippen molar-refractivity contribution in [2.75, 3.05) is 6.61 Å². The smallest absolute Gasteiger partial charge is 0.363 e. The summed E-state index contributed by atoms with van der Waals surface area (Å²) < 4.78 is 16.1. The van der Waals surface area contributed by atoms with Crippen LogP contribution >= 0.6 is 11.6 Å². The molecule has 1 aliphatic rings. The fourth-order valence-corrected chi connectivity index (χ4v) is 3.08. The van der Waals surface area contributed by atoms with E-state index in [1.54, 1.807) is 13.0 Å². The predicted octanol–water partition coefficient (Wildman–Crippen LogP) is 4.70. The van der Waals surface area contributed by atoms with E-state index in [1.165, 1.54) is 36.4 Å². The minimum atomic E-state index is -0.689. The Hall–Kier alpha value is -3.72. The molecule has 2 aromatic rings. The SMILES string of the molecule is CCCC(=O)Oc1c(Cl)cc(/C=C2\N=C(c3ccc([N+](=O)[O-])cc3)OC2=O)cc1OCC. The highest BCUT2D eigenvalue weighted by Crippen LogP contribution is 2.38. The summed E-state index contributed by atoms with van der Waals surface area (Å²) in [5.74, 6) is -0.734. The molecule has 3 rings (SSSR count). The first kappa shape index (κ1) is 23.0. The molecule has 0 aromatic heterocycles. The number of esters is 2. The highest BCUT2D eigenvalue weighted by atomic mass is 35.5. The van der Waals surface area contributed by atoms with E-state index >= 15 is 0 Å². The van der Waals surface area contributed by atoms with Gasteiger partial charge in [-0.05, 0) is 49.2 Å². The summed E-state index contributed by atoms with van der Waals surface area (Å²) in [7, 11) is 0. The molecular formula is C22H19ClN2O7. The number of carbonyl (C=O) groups excluding carboxylic acids is 2. The molecule has 0 fully saturated rings. The maximum atomic E-state index is 12.3. The van der Waals surface area contributed by atoms with Crippen LogP contribution in [0.1, 0.15) is 37.8 Å². The van der Waals surface area contributed by atoms with Crippen molar-refractivity contribution in [2.24, 2.45) is 4.99 Å². The molecule has 0 radical (unpaired) electrons. The third-order valence-corrected chi connectivity index (χ3v) is 4.53. The highest BCUT2D eigenvalue weighted by Gasteiger charge is 2.25. The number of nitrogens with zero attached hydrogens (tertiary/aromatic N) is 2. The molecule has 1 heterocycles. The van der Waals surface area contributed by atoms with E-state index < -0.39 is 16.9 Å². The standard InChI is InChI=1S/C22H19ClN2O7/c1-3-5-19(26)31-20-16(23)10-13(12-18(20)30-4-2)11-17-22(27)32-21(24-17)14-6-8-15(9-7-14)25(28)29/h6-12H,3-5H2,1-2H3/b17-11-. The number of non-ortho nitro benzene ring substituents is 1. The average Bonchev–Trinajstić information content (AvgIpc) is 3.11. The highest BCUT2D eigenvalue weighted by molar-refractivity contribution is 6.32. The first-order chi connectivity index (χ1) is 15.3. The van der Waals surface area contributed by atoms with E-state index in [1.807, 2.05) is 6.92 Å². The van der Waals surface area contributed by atoms with Crippen molar-refractivity contribution in [3.05, 3.63) is 68.4 Å². The van der Waals surface area contributed by atoms with Gasteiger partial charge in [-0.3, -0.25) is 14.9 Å². The van der Waals surface area contributed by atoms with Gasteiger partial charge in [0.1, 0.15) is 0 Å². The fraction of sp³-hybridized carbons (Fsp3) is 0.227. The molecule has 9 nitrogen and oxygen atoms in total. The van der Waals surface area contributed by atoms with Gasteiger partial charge in [-0.1, -0.05) is 18.5 Å². The van der Waals surface area contributed by atoms with Crippen LogP contribution in [0.2, 0.25) is 5.02 Å². The molecule has 32 heavy (non-hydrogen) atoms. The maximum absolute atomic E-state index is 12.3. The lowest BCUT2D eigenvalue weighted by molar-refractivity contribution is -0.384. The summed E-state index contributed by atoms with van der Waals surface area (Å²) in [4.78, 5) is 38.6. The first-order valence-corrected chi connectivity index (χ1v) is 10.1. The van der Waals surface area contributed by atoms with Crippen LogP contribution < -0.4 is 9.47 Å². The van der Waals surface area contributed by atoms with Gasteiger partial charge < -0.3 is 14.2 Å². The molecule has 1 aliphatic heterocycles. The Morgan fingerprint density at radius 3 is 2.59 bits per heavy atom. The summed E-state index contributed by atoms with van der Waals surface area (Å²) in [5, 5.41) is 10.9. The number of cyclic esters (lactones) is 1. The molecular weight excluding hydrogens is 440 g/mol. The van der Waals surface area contributed by atoms with Crippen molar-refractivity contribution in [3.8, 4) is 11.5 Å². The molecule has 0 bridgehead atoms. The van der Waals surface area contributed by atoms with Crippen molar-refractivity contribution in [2.45, 2.75) is 26.7 Å². The predicted molar refractivity (Wildman–Crippen MR) is 117 cm³/mol. The molecule has 0 aliphatic carbocycles. The van der Waals surface area contributed by atoms with Crippen molar-refractivity contribution >= 4 is 41.2 Å². The number of aliphatic imine (C=N–C) groups is 1. The van der Waals surface area contributed by atoms with Crippen LogP contribution in [0.4, 0.5) is 5.69 Å². The van der Waals surface area contributed by atoms with Crippen LogP contribution in [0.3, 0.4) is 0 Å². The molecule has 0 amide bonds. The Bertz CT molecular complexity index is 1120. The molecule has 0 unspecified atom stereocenters. The second kappa shape index (κ2) is 10.1. The molecule has 0 atom stereocenters. The van der Waals surface area contributed by atoms with Crippen molar-refractivity contribution in [3.63, 3.8) is 0 Å². The normalized spacial score (nSPS) is 14.2. The van der Waals surface area contributed by atoms with Crippen molar-refractivity contribution in [1.82, 2.24) is 0 Å². The number of rotatable bonds is 8. The zero-order valence-corrected chi connectivity index (χ0v) is 18.0. The van der Waals surface area contributed by atoms with E-state index in [4.69, 9.17) is 25.8 Å². The largest absolute Gasteiger partial charge is 0.490 e. The van der Waals surface area contributed by atoms with Gasteiger partial charge in [0.2, 0.25) is 5.90 Å². The number of halogens is 1. The fourth-order valence-electron chi connectivity index (χ4n) is 2.82. The van der Waals surface area contributed by atoms with E-state index in [0.717, 1.165) is 0 Å². The number of nitro benzene ring substituents is 1. The second-order valence-corrected chi connectivity index (χ2v) is 7.03. The Morgan fingerprint density at radius 2 is 1.97 bits per heavy atom. The van der Waals surface area contributed by atoms with Gasteiger partial charge in [-0.15, -0.1) is 0 Å². The molecule has 2 aromatic carbocycles. The van der Waals surface area contributed by atoms with E-state index in [-0.39, 0.29) is 40.2 Å². The van der Waals surface area contributed by atoms with E-state index in [0.29, 0.717) is 24.2 Å². The lowest BCUT2D eigenvalue weighted by Crippen LogP contribution is -2.09. The maximum Gasteiger partial charge on any atom is 0.363 e. The van der Waals surface area contributed by atoms with Gasteiger partial charge >= 0.3 is 11.9 Å². The molecule has 0 N–H and O–H groups in total. The lowest BCUT2D eigenvalue weighted by Gasteiger charge is -2.13. The van der Waals surface area contributed by atoms with Crippen LogP contribution in [0.15, 0.2) is 47.1 Å². The molecule has 10 heteroatoms. The Labute approximate surface area is 188 Å². The number of benzene rings is 2. The Balaban J connectivity index is 1.91. The first-order valence-electron chi connectivity index (χ1n) is 9.76. The summed E-state index contributed by atoms with van der Waals surface area (Å²) in [6, 6.07) is 8.55. The molecule has 0 saturated carbocycles. The molecule has 0 spiro atoms. The third kappa shape index (κ3) is 5.30. The minimum absolute atomic E-state index is 0.00703. The van der Waals surface area contributed by atoms with Gasteiger partial charge in [-0.2, -0.15) is 0 Å². The summed E-state index contributed by atoms with van der Waals surface area (Å²) in [5.41, 5.74) is 0.813. The van der Waals surface area contributed by atoms with E-state index in [9.17, 15) is 19.7 Å². The molecule has 166 valence electrons. The average molecular weight is 459 g/mol. The van der Waals surface area contributed by atoms with Crippen LogP contribution in [0, 0.1) is 10.1 Å². The number of hydrogen-bond donors (Lipinski definition) is 0. The summed E-state index contributed by atoms with van der Waals surface area (Å²) >= 11 is 6.31. The van der Waals surface area contributed by atoms with Gasteiger partial charge in [-0.25, -0.2) is 9.79 Å². The second-order valence-electron chi connectivity index (χ2n) is 6.63. The van der Waals surface area contributed by atoms with Gasteiger partial charge in [0.05, 0.1) is 16.6 Å². The number of ether oxygens (including phenoxy) is 3. The zero-order valence-electron chi connectivity index (χ0n) is 17.3. The van der Waals surface area contributed by atoms with Gasteiger partial charge in [0, 0.05) is 24.1 Å². The Kier molecular flexibility index (Phi) is 7.21. The summed E-state index contributed by atoms with van der Waals surface area (Å²) in [6.45, 7) is 3.93. The van der Waals surface area contributed by atoms with Crippen LogP contribution in [0.5, 0.6) is 11.5 Å². The Morgan fingerprint density at radius 1 is 1.25 bits per heavy atom. The summed E-state index contributed by atoms with van der Waals surface area (Å²) in [6.07, 6.45) is 2.31. The topological polar surface area (TPSA) is 117 Å². The third-order valence-electron chi connectivity index (χ3n) is 4.25. The number of nitro groups is 1. The quantitative estimate of drug-likeness (QED) is 0.185. The lowest BCUT2D eigenvalue weighted by atomic mass is 10.1. The minimum Gasteiger partial charge on any atom is -0.490 e. The van der Waals surface area contributed by atoms with Crippen molar-refractivity contribution < 1.29 is 28.7 Å². The number of hydrogen-bond acceptors (Lipinski definition) is 8. The molecule has 0 saturated heterocycles. The van der Waals surface area contributed by atoms with Gasteiger partial charge in [0.15, 0.2) is 17.2 Å².